The molecule has 0 saturated heterocycles. The maximum atomic E-state index is 12.3. The molecule has 1 aliphatic rings. The van der Waals surface area contributed by atoms with Crippen LogP contribution in [0.4, 0.5) is 13.2 Å². The second kappa shape index (κ2) is 6.38. The standard InChI is InChI=1S/C13H20F3NO/c1-3-4-6-9(2)12-10(17)7-5-8-11(12)18-13(14,15)16/h5-7,10-12H,3-4,8,17H2,1-2H3/b9-6+. The van der Waals surface area contributed by atoms with Gasteiger partial charge in [0.2, 0.25) is 0 Å². The molecule has 0 fully saturated rings. The molecule has 0 aromatic heterocycles. The molecule has 0 spiro atoms. The highest BCUT2D eigenvalue weighted by Crippen LogP contribution is 2.32. The van der Waals surface area contributed by atoms with E-state index in [0.29, 0.717) is 0 Å². The first-order valence-corrected chi connectivity index (χ1v) is 6.18. The van der Waals surface area contributed by atoms with Crippen molar-refractivity contribution >= 4 is 0 Å². The summed E-state index contributed by atoms with van der Waals surface area (Å²) in [6, 6.07) is -0.417. The first kappa shape index (κ1) is 15.2. The molecular weight excluding hydrogens is 243 g/mol. The van der Waals surface area contributed by atoms with Gasteiger partial charge in [-0.25, -0.2) is 0 Å². The minimum atomic E-state index is -4.61. The third-order valence-corrected chi connectivity index (χ3v) is 3.11. The predicted octanol–water partition coefficient (Wildman–Crippen LogP) is 3.54. The van der Waals surface area contributed by atoms with Gasteiger partial charge in [0.25, 0.3) is 0 Å². The normalized spacial score (nSPS) is 29.7. The molecule has 2 nitrogen and oxygen atoms in total. The zero-order chi connectivity index (χ0) is 13.8. The molecule has 0 aliphatic heterocycles. The number of unbranched alkanes of at least 4 members (excludes halogenated alkanes) is 1. The summed E-state index contributed by atoms with van der Waals surface area (Å²) in [6.45, 7) is 3.85. The Balaban J connectivity index is 2.84. The van der Waals surface area contributed by atoms with E-state index < -0.39 is 24.4 Å². The molecule has 2 N–H and O–H groups in total. The van der Waals surface area contributed by atoms with Gasteiger partial charge in [-0.1, -0.05) is 37.1 Å². The number of halogens is 3. The lowest BCUT2D eigenvalue weighted by molar-refractivity contribution is -0.347. The molecule has 0 aromatic rings. The molecule has 3 unspecified atom stereocenters. The van der Waals surface area contributed by atoms with Crippen molar-refractivity contribution in [2.45, 2.75) is 51.6 Å². The second-order valence-electron chi connectivity index (χ2n) is 4.61. The Morgan fingerprint density at radius 2 is 2.17 bits per heavy atom. The fourth-order valence-corrected chi connectivity index (χ4v) is 2.28. The Kier molecular flexibility index (Phi) is 5.41. The number of allylic oxidation sites excluding steroid dienone is 1. The van der Waals surface area contributed by atoms with Crippen LogP contribution in [-0.4, -0.2) is 18.5 Å². The van der Waals surface area contributed by atoms with Gasteiger partial charge in [-0.05, 0) is 19.8 Å². The Morgan fingerprint density at radius 1 is 1.50 bits per heavy atom. The Bertz CT molecular complexity index is 323. The third-order valence-electron chi connectivity index (χ3n) is 3.11. The lowest BCUT2D eigenvalue weighted by atomic mass is 9.81. The summed E-state index contributed by atoms with van der Waals surface area (Å²) >= 11 is 0. The highest BCUT2D eigenvalue weighted by molar-refractivity contribution is 5.17. The molecule has 0 aromatic carbocycles. The number of rotatable bonds is 4. The lowest BCUT2D eigenvalue weighted by Crippen LogP contribution is -2.43. The number of hydrogen-bond acceptors (Lipinski definition) is 2. The molecular formula is C13H20F3NO. The summed E-state index contributed by atoms with van der Waals surface area (Å²) in [5, 5.41) is 0. The van der Waals surface area contributed by atoms with Gasteiger partial charge < -0.3 is 5.73 Å². The second-order valence-corrected chi connectivity index (χ2v) is 4.61. The summed E-state index contributed by atoms with van der Waals surface area (Å²) in [5.41, 5.74) is 6.76. The van der Waals surface area contributed by atoms with E-state index in [-0.39, 0.29) is 6.42 Å². The first-order chi connectivity index (χ1) is 8.35. The molecule has 0 saturated carbocycles. The Morgan fingerprint density at radius 3 is 2.72 bits per heavy atom. The molecule has 1 aliphatic carbocycles. The molecule has 1 rings (SSSR count). The van der Waals surface area contributed by atoms with Crippen LogP contribution in [0, 0.1) is 5.92 Å². The number of hydrogen-bond donors (Lipinski definition) is 1. The van der Waals surface area contributed by atoms with E-state index in [9.17, 15) is 13.2 Å². The van der Waals surface area contributed by atoms with Crippen molar-refractivity contribution < 1.29 is 17.9 Å². The van der Waals surface area contributed by atoms with E-state index in [0.717, 1.165) is 18.4 Å². The van der Waals surface area contributed by atoms with Crippen molar-refractivity contribution in [1.82, 2.24) is 0 Å². The van der Waals surface area contributed by atoms with Gasteiger partial charge in [-0.2, -0.15) is 0 Å². The van der Waals surface area contributed by atoms with Crippen molar-refractivity contribution in [2.75, 3.05) is 0 Å². The summed E-state index contributed by atoms with van der Waals surface area (Å²) in [4.78, 5) is 0. The van der Waals surface area contributed by atoms with Crippen LogP contribution in [0.15, 0.2) is 23.8 Å². The van der Waals surface area contributed by atoms with E-state index in [4.69, 9.17) is 5.73 Å². The van der Waals surface area contributed by atoms with Crippen molar-refractivity contribution in [3.05, 3.63) is 23.8 Å². The zero-order valence-electron chi connectivity index (χ0n) is 10.7. The third kappa shape index (κ3) is 4.46. The maximum absolute atomic E-state index is 12.3. The predicted molar refractivity (Wildman–Crippen MR) is 64.8 cm³/mol. The largest absolute Gasteiger partial charge is 0.522 e. The van der Waals surface area contributed by atoms with Crippen molar-refractivity contribution in [3.8, 4) is 0 Å². The van der Waals surface area contributed by atoms with Crippen molar-refractivity contribution in [1.29, 1.82) is 0 Å². The smallest absolute Gasteiger partial charge is 0.324 e. The summed E-state index contributed by atoms with van der Waals surface area (Å²) in [6.07, 6.45) is 1.88. The molecule has 5 heteroatoms. The molecule has 104 valence electrons. The van der Waals surface area contributed by atoms with Gasteiger partial charge >= 0.3 is 6.36 Å². The van der Waals surface area contributed by atoms with Crippen LogP contribution < -0.4 is 5.73 Å². The summed E-state index contributed by atoms with van der Waals surface area (Å²) in [5.74, 6) is -0.400. The highest BCUT2D eigenvalue weighted by atomic mass is 19.4. The van der Waals surface area contributed by atoms with E-state index in [1.54, 1.807) is 12.2 Å². The molecule has 0 amide bonds. The van der Waals surface area contributed by atoms with Crippen LogP contribution in [0.5, 0.6) is 0 Å². The van der Waals surface area contributed by atoms with Crippen LogP contribution >= 0.6 is 0 Å². The minimum absolute atomic E-state index is 0.245. The SMILES string of the molecule is CCC/C=C(\C)C1C(N)C=CCC1OC(F)(F)F. The van der Waals surface area contributed by atoms with Crippen molar-refractivity contribution in [2.24, 2.45) is 11.7 Å². The Labute approximate surface area is 106 Å². The number of alkyl halides is 3. The lowest BCUT2D eigenvalue weighted by Gasteiger charge is -2.34. The van der Waals surface area contributed by atoms with Gasteiger partial charge in [0, 0.05) is 12.0 Å². The molecule has 0 radical (unpaired) electrons. The maximum Gasteiger partial charge on any atom is 0.522 e. The topological polar surface area (TPSA) is 35.2 Å². The van der Waals surface area contributed by atoms with E-state index >= 15 is 0 Å². The molecule has 0 heterocycles. The fourth-order valence-electron chi connectivity index (χ4n) is 2.28. The van der Waals surface area contributed by atoms with Gasteiger partial charge in [-0.3, -0.25) is 4.74 Å². The zero-order valence-corrected chi connectivity index (χ0v) is 10.7. The highest BCUT2D eigenvalue weighted by Gasteiger charge is 2.39. The van der Waals surface area contributed by atoms with Crippen LogP contribution in [-0.2, 0) is 4.74 Å². The van der Waals surface area contributed by atoms with Crippen LogP contribution in [0.25, 0.3) is 0 Å². The quantitative estimate of drug-likeness (QED) is 0.787. The molecule has 3 atom stereocenters. The summed E-state index contributed by atoms with van der Waals surface area (Å²) in [7, 11) is 0. The van der Waals surface area contributed by atoms with E-state index in [1.807, 2.05) is 19.9 Å². The van der Waals surface area contributed by atoms with Gasteiger partial charge in [0.05, 0.1) is 6.10 Å². The van der Waals surface area contributed by atoms with Crippen molar-refractivity contribution in [3.63, 3.8) is 0 Å². The first-order valence-electron chi connectivity index (χ1n) is 6.18. The molecule has 18 heavy (non-hydrogen) atoms. The number of nitrogens with two attached hydrogens (primary N) is 1. The van der Waals surface area contributed by atoms with E-state index in [1.165, 1.54) is 0 Å². The molecule has 0 bridgehead atoms. The monoisotopic (exact) mass is 263 g/mol. The average molecular weight is 263 g/mol. The van der Waals surface area contributed by atoms with Gasteiger partial charge in [0.15, 0.2) is 0 Å². The fraction of sp³-hybridized carbons (Fsp3) is 0.692. The van der Waals surface area contributed by atoms with Crippen LogP contribution in [0.3, 0.4) is 0 Å². The van der Waals surface area contributed by atoms with Gasteiger partial charge in [-0.15, -0.1) is 13.2 Å². The Hall–Kier alpha value is -0.810. The summed E-state index contributed by atoms with van der Waals surface area (Å²) < 4.78 is 41.2. The van der Waals surface area contributed by atoms with Gasteiger partial charge in [0.1, 0.15) is 0 Å². The number of ether oxygens (including phenoxy) is 1. The average Bonchev–Trinajstić information content (AvgIpc) is 2.24. The minimum Gasteiger partial charge on any atom is -0.324 e. The van der Waals surface area contributed by atoms with Crippen LogP contribution in [0.1, 0.15) is 33.1 Å². The van der Waals surface area contributed by atoms with Crippen LogP contribution in [0.2, 0.25) is 0 Å². The van der Waals surface area contributed by atoms with E-state index in [2.05, 4.69) is 4.74 Å².